The van der Waals surface area contributed by atoms with Crippen molar-refractivity contribution in [2.75, 3.05) is 11.9 Å². The van der Waals surface area contributed by atoms with Crippen LogP contribution in [0, 0.1) is 19.7 Å². The van der Waals surface area contributed by atoms with Crippen molar-refractivity contribution in [2.24, 2.45) is 0 Å². The Labute approximate surface area is 144 Å². The number of hydrogen-bond donors (Lipinski definition) is 1. The zero-order valence-electron chi connectivity index (χ0n) is 14.3. The van der Waals surface area contributed by atoms with Gasteiger partial charge in [0.2, 0.25) is 0 Å². The maximum Gasteiger partial charge on any atom is 0.255 e. The first-order valence-corrected chi connectivity index (χ1v) is 7.96. The van der Waals surface area contributed by atoms with E-state index in [0.29, 0.717) is 23.4 Å². The van der Waals surface area contributed by atoms with Crippen LogP contribution >= 0.6 is 0 Å². The molecule has 0 unspecified atom stereocenters. The summed E-state index contributed by atoms with van der Waals surface area (Å²) in [6.07, 6.45) is 0. The summed E-state index contributed by atoms with van der Waals surface area (Å²) in [5.74, 6) is -0.701. The van der Waals surface area contributed by atoms with E-state index in [1.807, 2.05) is 13.8 Å². The van der Waals surface area contributed by atoms with E-state index in [0.717, 1.165) is 16.9 Å². The first-order valence-electron chi connectivity index (χ1n) is 7.96. The van der Waals surface area contributed by atoms with E-state index >= 15 is 0 Å². The molecular formula is C19H18FN3O2. The van der Waals surface area contributed by atoms with Crippen LogP contribution in [0.1, 0.15) is 28.7 Å². The fourth-order valence-electron chi connectivity index (χ4n) is 2.43. The molecule has 1 heterocycles. The molecule has 0 radical (unpaired) electrons. The summed E-state index contributed by atoms with van der Waals surface area (Å²) >= 11 is 0. The van der Waals surface area contributed by atoms with Crippen LogP contribution in [0.2, 0.25) is 0 Å². The molecule has 2 aromatic carbocycles. The second kappa shape index (κ2) is 6.84. The summed E-state index contributed by atoms with van der Waals surface area (Å²) < 4.78 is 19.0. The number of aromatic nitrogens is 2. The summed E-state index contributed by atoms with van der Waals surface area (Å²) in [7, 11) is 0. The Balaban J connectivity index is 1.84. The van der Waals surface area contributed by atoms with Crippen LogP contribution in [0.15, 0.2) is 36.4 Å². The molecule has 5 nitrogen and oxygen atoms in total. The van der Waals surface area contributed by atoms with Gasteiger partial charge in [-0.15, -0.1) is 0 Å². The summed E-state index contributed by atoms with van der Waals surface area (Å²) in [5, 5.41) is 2.68. The maximum absolute atomic E-state index is 13.9. The Bertz CT molecular complexity index is 957. The summed E-state index contributed by atoms with van der Waals surface area (Å²) in [6.45, 7) is 5.92. The molecule has 128 valence electrons. The molecular weight excluding hydrogens is 321 g/mol. The van der Waals surface area contributed by atoms with Gasteiger partial charge in [-0.1, -0.05) is 0 Å². The first kappa shape index (κ1) is 16.8. The quantitative estimate of drug-likeness (QED) is 0.779. The van der Waals surface area contributed by atoms with Gasteiger partial charge in [-0.05, 0) is 51.1 Å². The third-order valence-corrected chi connectivity index (χ3v) is 3.83. The lowest BCUT2D eigenvalue weighted by molar-refractivity contribution is 0.102. The van der Waals surface area contributed by atoms with Crippen LogP contribution in [0.4, 0.5) is 10.1 Å². The number of halogens is 1. The average molecular weight is 339 g/mol. The van der Waals surface area contributed by atoms with Crippen molar-refractivity contribution < 1.29 is 13.9 Å². The highest BCUT2D eigenvalue weighted by Crippen LogP contribution is 2.22. The SMILES string of the molecule is CCOc1ccc(NC(=O)c2ccc3nc(C)c(C)nc3c2)cc1F. The Morgan fingerprint density at radius 1 is 1.08 bits per heavy atom. The zero-order valence-corrected chi connectivity index (χ0v) is 14.3. The molecule has 0 spiro atoms. The van der Waals surface area contributed by atoms with Crippen LogP contribution < -0.4 is 10.1 Å². The number of amides is 1. The lowest BCUT2D eigenvalue weighted by atomic mass is 10.1. The minimum atomic E-state index is -0.518. The smallest absolute Gasteiger partial charge is 0.255 e. The van der Waals surface area contributed by atoms with E-state index in [9.17, 15) is 9.18 Å². The number of benzene rings is 2. The topological polar surface area (TPSA) is 64.1 Å². The van der Waals surface area contributed by atoms with Crippen molar-refractivity contribution in [3.8, 4) is 5.75 Å². The zero-order chi connectivity index (χ0) is 18.0. The average Bonchev–Trinajstić information content (AvgIpc) is 2.58. The number of nitrogens with zero attached hydrogens (tertiary/aromatic N) is 2. The summed E-state index contributed by atoms with van der Waals surface area (Å²) in [4.78, 5) is 21.3. The molecule has 1 amide bonds. The number of rotatable bonds is 4. The third-order valence-electron chi connectivity index (χ3n) is 3.83. The minimum Gasteiger partial charge on any atom is -0.491 e. The molecule has 1 N–H and O–H groups in total. The fourth-order valence-corrected chi connectivity index (χ4v) is 2.43. The van der Waals surface area contributed by atoms with Gasteiger partial charge in [0.05, 0.1) is 29.0 Å². The second-order valence-corrected chi connectivity index (χ2v) is 5.63. The fraction of sp³-hybridized carbons (Fsp3) is 0.211. The van der Waals surface area contributed by atoms with Crippen molar-refractivity contribution in [3.05, 3.63) is 59.2 Å². The number of hydrogen-bond acceptors (Lipinski definition) is 4. The van der Waals surface area contributed by atoms with Crippen molar-refractivity contribution >= 4 is 22.6 Å². The molecule has 3 aromatic rings. The number of anilines is 1. The van der Waals surface area contributed by atoms with Gasteiger partial charge in [0, 0.05) is 17.3 Å². The lowest BCUT2D eigenvalue weighted by Crippen LogP contribution is -2.12. The summed E-state index contributed by atoms with van der Waals surface area (Å²) in [5.41, 5.74) is 3.84. The number of nitrogens with one attached hydrogen (secondary N) is 1. The van der Waals surface area contributed by atoms with Gasteiger partial charge in [-0.2, -0.15) is 0 Å². The molecule has 1 aromatic heterocycles. The molecule has 25 heavy (non-hydrogen) atoms. The largest absolute Gasteiger partial charge is 0.491 e. The predicted octanol–water partition coefficient (Wildman–Crippen LogP) is 4.04. The number of ether oxygens (including phenoxy) is 1. The second-order valence-electron chi connectivity index (χ2n) is 5.63. The van der Waals surface area contributed by atoms with E-state index in [1.54, 1.807) is 31.2 Å². The van der Waals surface area contributed by atoms with Crippen molar-refractivity contribution in [2.45, 2.75) is 20.8 Å². The number of carbonyl (C=O) groups is 1. The van der Waals surface area contributed by atoms with Crippen LogP contribution in [-0.2, 0) is 0 Å². The predicted molar refractivity (Wildman–Crippen MR) is 94.5 cm³/mol. The number of carbonyl (C=O) groups excluding carboxylic acids is 1. The minimum absolute atomic E-state index is 0.160. The van der Waals surface area contributed by atoms with E-state index in [2.05, 4.69) is 15.3 Å². The van der Waals surface area contributed by atoms with E-state index in [4.69, 9.17) is 4.74 Å². The molecule has 0 atom stereocenters. The number of aryl methyl sites for hydroxylation is 2. The van der Waals surface area contributed by atoms with Crippen LogP contribution in [0.5, 0.6) is 5.75 Å². The highest BCUT2D eigenvalue weighted by atomic mass is 19.1. The molecule has 0 aliphatic carbocycles. The Morgan fingerprint density at radius 3 is 2.48 bits per heavy atom. The molecule has 0 saturated heterocycles. The van der Waals surface area contributed by atoms with Crippen LogP contribution in [0.3, 0.4) is 0 Å². The third kappa shape index (κ3) is 3.57. The molecule has 0 aliphatic heterocycles. The molecule has 6 heteroatoms. The van der Waals surface area contributed by atoms with Gasteiger partial charge in [0.1, 0.15) is 0 Å². The Hall–Kier alpha value is -3.02. The Morgan fingerprint density at radius 2 is 1.80 bits per heavy atom. The maximum atomic E-state index is 13.9. The molecule has 0 fully saturated rings. The first-order chi connectivity index (χ1) is 12.0. The van der Waals surface area contributed by atoms with Gasteiger partial charge in [0.15, 0.2) is 11.6 Å². The van der Waals surface area contributed by atoms with Gasteiger partial charge >= 0.3 is 0 Å². The Kier molecular flexibility index (Phi) is 4.61. The van der Waals surface area contributed by atoms with Crippen LogP contribution in [-0.4, -0.2) is 22.5 Å². The molecule has 0 bridgehead atoms. The van der Waals surface area contributed by atoms with E-state index < -0.39 is 5.82 Å². The monoisotopic (exact) mass is 339 g/mol. The standard InChI is InChI=1S/C19H18FN3O2/c1-4-25-18-8-6-14(10-15(18)20)23-19(24)13-5-7-16-17(9-13)22-12(3)11(2)21-16/h5-10H,4H2,1-3H3,(H,23,24). The van der Waals surface area contributed by atoms with Crippen molar-refractivity contribution in [1.82, 2.24) is 9.97 Å². The normalized spacial score (nSPS) is 10.7. The van der Waals surface area contributed by atoms with Gasteiger partial charge in [-0.25, -0.2) is 14.4 Å². The van der Waals surface area contributed by atoms with Crippen molar-refractivity contribution in [1.29, 1.82) is 0 Å². The lowest BCUT2D eigenvalue weighted by Gasteiger charge is -2.09. The molecule has 0 saturated carbocycles. The highest BCUT2D eigenvalue weighted by Gasteiger charge is 2.11. The van der Waals surface area contributed by atoms with Gasteiger partial charge in [-0.3, -0.25) is 4.79 Å². The van der Waals surface area contributed by atoms with Crippen LogP contribution in [0.25, 0.3) is 11.0 Å². The summed E-state index contributed by atoms with van der Waals surface area (Å²) in [6, 6.07) is 9.42. The highest BCUT2D eigenvalue weighted by molar-refractivity contribution is 6.05. The van der Waals surface area contributed by atoms with E-state index in [1.165, 1.54) is 12.1 Å². The van der Waals surface area contributed by atoms with Gasteiger partial charge in [0.25, 0.3) is 5.91 Å². The van der Waals surface area contributed by atoms with Gasteiger partial charge < -0.3 is 10.1 Å². The van der Waals surface area contributed by atoms with Crippen molar-refractivity contribution in [3.63, 3.8) is 0 Å². The molecule has 0 aliphatic rings. The molecule has 3 rings (SSSR count). The van der Waals surface area contributed by atoms with E-state index in [-0.39, 0.29) is 11.7 Å². The number of fused-ring (bicyclic) bond motifs is 1.